The van der Waals surface area contributed by atoms with E-state index in [1.54, 1.807) is 6.92 Å². The molecule has 0 fully saturated rings. The number of hydrogen-bond acceptors (Lipinski definition) is 6. The van der Waals surface area contributed by atoms with Gasteiger partial charge in [-0.25, -0.2) is 14.2 Å². The molecule has 106 valence electrons. The van der Waals surface area contributed by atoms with Crippen LogP contribution in [0.25, 0.3) is 11.6 Å². The molecular weight excluding hydrogens is 267 g/mol. The number of ether oxygens (including phenoxy) is 1. The number of alkyl carbamates (subject to hydrolysis) is 1. The van der Waals surface area contributed by atoms with Crippen molar-refractivity contribution in [2.45, 2.75) is 19.4 Å². The molecule has 0 aliphatic carbocycles. The van der Waals surface area contributed by atoms with Crippen molar-refractivity contribution >= 4 is 6.09 Å². The van der Waals surface area contributed by atoms with Gasteiger partial charge in [-0.15, -0.1) is 0 Å². The molecule has 0 bridgehead atoms. The zero-order chi connectivity index (χ0) is 14.5. The van der Waals surface area contributed by atoms with Gasteiger partial charge in [-0.3, -0.25) is 0 Å². The molecule has 0 aliphatic rings. The summed E-state index contributed by atoms with van der Waals surface area (Å²) < 4.78 is 22.8. The number of nitrogens with one attached hydrogen (secondary N) is 1. The number of halogens is 1. The van der Waals surface area contributed by atoms with Gasteiger partial charge in [-0.2, -0.15) is 4.98 Å². The highest BCUT2D eigenvalue weighted by molar-refractivity contribution is 5.66. The molecule has 20 heavy (non-hydrogen) atoms. The lowest BCUT2D eigenvalue weighted by Gasteiger charge is -2.09. The number of carbonyl (C=O) groups excluding carboxylic acids is 1. The predicted octanol–water partition coefficient (Wildman–Crippen LogP) is 1.56. The fourth-order valence-corrected chi connectivity index (χ4v) is 1.48. The lowest BCUT2D eigenvalue weighted by molar-refractivity contribution is 0.107. The van der Waals surface area contributed by atoms with E-state index in [0.717, 1.165) is 6.20 Å². The Labute approximate surface area is 114 Å². The van der Waals surface area contributed by atoms with Gasteiger partial charge in [-0.05, 0) is 19.1 Å². The summed E-state index contributed by atoms with van der Waals surface area (Å²) in [4.78, 5) is 19.0. The largest absolute Gasteiger partial charge is 0.446 e. The third-order valence-electron chi connectivity index (χ3n) is 2.40. The molecule has 0 radical (unpaired) electrons. The molecule has 0 saturated carbocycles. The van der Waals surface area contributed by atoms with Gasteiger partial charge in [0, 0.05) is 13.5 Å². The van der Waals surface area contributed by atoms with Gasteiger partial charge >= 0.3 is 6.09 Å². The summed E-state index contributed by atoms with van der Waals surface area (Å²) in [5, 5.41) is 6.10. The van der Waals surface area contributed by atoms with Crippen molar-refractivity contribution in [1.29, 1.82) is 0 Å². The van der Waals surface area contributed by atoms with Crippen LogP contribution in [0.3, 0.4) is 0 Å². The van der Waals surface area contributed by atoms with E-state index in [2.05, 4.69) is 20.4 Å². The zero-order valence-corrected chi connectivity index (χ0v) is 11.0. The second kappa shape index (κ2) is 6.09. The standard InChI is InChI=1S/C12H13FN4O3/c1-7(19-12(18)14-2)5-10-16-11(20-17-10)9-4-3-8(13)6-15-9/h3-4,6-7H,5H2,1-2H3,(H,14,18)/t7-/m0/s1. The van der Waals surface area contributed by atoms with Gasteiger partial charge in [0.05, 0.1) is 6.20 Å². The van der Waals surface area contributed by atoms with Crippen LogP contribution in [0.5, 0.6) is 0 Å². The quantitative estimate of drug-likeness (QED) is 0.914. The first-order valence-electron chi connectivity index (χ1n) is 5.91. The Bertz CT molecular complexity index is 585. The number of amides is 1. The van der Waals surface area contributed by atoms with Crippen molar-refractivity contribution in [1.82, 2.24) is 20.4 Å². The highest BCUT2D eigenvalue weighted by Gasteiger charge is 2.15. The Hall–Kier alpha value is -2.51. The Balaban J connectivity index is 2.02. The van der Waals surface area contributed by atoms with E-state index in [-0.39, 0.29) is 5.89 Å². The van der Waals surface area contributed by atoms with Crippen LogP contribution in [-0.2, 0) is 11.2 Å². The van der Waals surface area contributed by atoms with Gasteiger partial charge in [-0.1, -0.05) is 5.16 Å². The average molecular weight is 280 g/mol. The fourth-order valence-electron chi connectivity index (χ4n) is 1.48. The van der Waals surface area contributed by atoms with E-state index in [1.807, 2.05) is 0 Å². The maximum Gasteiger partial charge on any atom is 0.407 e. The summed E-state index contributed by atoms with van der Waals surface area (Å²) in [5.74, 6) is 0.121. The van der Waals surface area contributed by atoms with Crippen LogP contribution in [0.2, 0.25) is 0 Å². The maximum atomic E-state index is 12.8. The minimum absolute atomic E-state index is 0.187. The van der Waals surface area contributed by atoms with Crippen LogP contribution in [0.15, 0.2) is 22.9 Å². The summed E-state index contributed by atoms with van der Waals surface area (Å²) in [5.41, 5.74) is 0.380. The minimum atomic E-state index is -0.526. The van der Waals surface area contributed by atoms with Crippen molar-refractivity contribution < 1.29 is 18.4 Å². The van der Waals surface area contributed by atoms with E-state index in [9.17, 15) is 9.18 Å². The van der Waals surface area contributed by atoms with Gasteiger partial charge in [0.2, 0.25) is 0 Å². The van der Waals surface area contributed by atoms with E-state index in [4.69, 9.17) is 9.26 Å². The van der Waals surface area contributed by atoms with Crippen LogP contribution >= 0.6 is 0 Å². The predicted molar refractivity (Wildman–Crippen MR) is 66.2 cm³/mol. The van der Waals surface area contributed by atoms with Crippen molar-refractivity contribution in [3.8, 4) is 11.6 Å². The van der Waals surface area contributed by atoms with Crippen LogP contribution in [0.1, 0.15) is 12.7 Å². The second-order valence-corrected chi connectivity index (χ2v) is 4.05. The Morgan fingerprint density at radius 1 is 1.55 bits per heavy atom. The van der Waals surface area contributed by atoms with Crippen LogP contribution in [0.4, 0.5) is 9.18 Å². The minimum Gasteiger partial charge on any atom is -0.446 e. The topological polar surface area (TPSA) is 90.1 Å². The number of carbonyl (C=O) groups is 1. The van der Waals surface area contributed by atoms with E-state index >= 15 is 0 Å². The van der Waals surface area contributed by atoms with Gasteiger partial charge in [0.25, 0.3) is 5.89 Å². The molecule has 0 spiro atoms. The molecule has 0 saturated heterocycles. The SMILES string of the molecule is CNC(=O)O[C@@H](C)Cc1noc(-c2ccc(F)cn2)n1. The number of aromatic nitrogens is 3. The molecule has 1 atom stereocenters. The summed E-state index contributed by atoms with van der Waals surface area (Å²) in [6.07, 6.45) is 0.442. The molecule has 1 N–H and O–H groups in total. The number of rotatable bonds is 4. The number of pyridine rings is 1. The Kier molecular flexibility index (Phi) is 4.24. The Morgan fingerprint density at radius 2 is 2.35 bits per heavy atom. The summed E-state index contributed by atoms with van der Waals surface area (Å²) in [7, 11) is 1.47. The van der Waals surface area contributed by atoms with E-state index < -0.39 is 18.0 Å². The highest BCUT2D eigenvalue weighted by Crippen LogP contribution is 2.15. The first kappa shape index (κ1) is 13.9. The second-order valence-electron chi connectivity index (χ2n) is 4.05. The summed E-state index contributed by atoms with van der Waals surface area (Å²) in [6, 6.07) is 2.70. The first-order chi connectivity index (χ1) is 9.58. The third kappa shape index (κ3) is 3.50. The molecule has 0 aromatic carbocycles. The van der Waals surface area contributed by atoms with E-state index in [0.29, 0.717) is 17.9 Å². The van der Waals surface area contributed by atoms with Crippen LogP contribution in [0, 0.1) is 5.82 Å². The molecule has 7 nitrogen and oxygen atoms in total. The molecule has 1 amide bonds. The molecule has 0 unspecified atom stereocenters. The zero-order valence-electron chi connectivity index (χ0n) is 11.0. The van der Waals surface area contributed by atoms with E-state index in [1.165, 1.54) is 19.2 Å². The molecule has 2 rings (SSSR count). The first-order valence-corrected chi connectivity index (χ1v) is 5.91. The lowest BCUT2D eigenvalue weighted by Crippen LogP contribution is -2.25. The smallest absolute Gasteiger partial charge is 0.407 e. The van der Waals surface area contributed by atoms with Gasteiger partial charge in [0.1, 0.15) is 17.6 Å². The molecule has 8 heteroatoms. The maximum absolute atomic E-state index is 12.8. The molecule has 2 aromatic heterocycles. The van der Waals surface area contributed by atoms with Gasteiger partial charge in [0.15, 0.2) is 5.82 Å². The monoisotopic (exact) mass is 280 g/mol. The average Bonchev–Trinajstić information content (AvgIpc) is 2.87. The number of hydrogen-bond donors (Lipinski definition) is 1. The molecule has 2 aromatic rings. The highest BCUT2D eigenvalue weighted by atomic mass is 19.1. The molecule has 2 heterocycles. The Morgan fingerprint density at radius 3 is 3.00 bits per heavy atom. The lowest BCUT2D eigenvalue weighted by atomic mass is 10.3. The van der Waals surface area contributed by atoms with Crippen LogP contribution in [-0.4, -0.2) is 34.4 Å². The van der Waals surface area contributed by atoms with Crippen LogP contribution < -0.4 is 5.32 Å². The van der Waals surface area contributed by atoms with Crippen molar-refractivity contribution in [3.05, 3.63) is 30.0 Å². The summed E-state index contributed by atoms with van der Waals surface area (Å²) in [6.45, 7) is 1.71. The van der Waals surface area contributed by atoms with Crippen molar-refractivity contribution in [3.63, 3.8) is 0 Å². The fraction of sp³-hybridized carbons (Fsp3) is 0.333. The van der Waals surface area contributed by atoms with Gasteiger partial charge < -0.3 is 14.6 Å². The summed E-state index contributed by atoms with van der Waals surface area (Å²) >= 11 is 0. The molecule has 0 aliphatic heterocycles. The molecular formula is C12H13FN4O3. The normalized spacial score (nSPS) is 11.9. The third-order valence-corrected chi connectivity index (χ3v) is 2.40. The van der Waals surface area contributed by atoms with Crippen molar-refractivity contribution in [2.24, 2.45) is 0 Å². The van der Waals surface area contributed by atoms with Crippen molar-refractivity contribution in [2.75, 3.05) is 7.05 Å². The number of nitrogens with zero attached hydrogens (tertiary/aromatic N) is 3.